The van der Waals surface area contributed by atoms with Gasteiger partial charge in [-0.2, -0.15) is 0 Å². The summed E-state index contributed by atoms with van der Waals surface area (Å²) < 4.78 is 0. The van der Waals surface area contributed by atoms with Crippen molar-refractivity contribution >= 4 is 13.3 Å². The molecule has 0 aliphatic carbocycles. The van der Waals surface area contributed by atoms with E-state index >= 15 is 0 Å². The zero-order valence-corrected chi connectivity index (χ0v) is 13.1. The average molecular weight is 246 g/mol. The second-order valence-corrected chi connectivity index (χ2v) is 10.9. The Labute approximate surface area is 108 Å². The Bertz CT molecular complexity index is 362. The first-order valence-electron chi connectivity index (χ1n) is 6.62. The average Bonchev–Trinajstić information content (AvgIpc) is 2.25. The van der Waals surface area contributed by atoms with Gasteiger partial charge in [-0.1, -0.05) is 74.5 Å². The molecule has 0 aliphatic heterocycles. The standard InChI is InChI=1S/C16H26Si/c1-13(2)12-17(14(3)4,15(5)6)16-10-8-7-9-11-16/h7-12,14-15H,1-6H3. The van der Waals surface area contributed by atoms with Crippen LogP contribution in [0.25, 0.3) is 0 Å². The summed E-state index contributed by atoms with van der Waals surface area (Å²) in [6.07, 6.45) is 0. The fraction of sp³-hybridized carbons (Fsp3) is 0.500. The van der Waals surface area contributed by atoms with Gasteiger partial charge in [-0.3, -0.25) is 0 Å². The highest BCUT2D eigenvalue weighted by Gasteiger charge is 2.39. The number of allylic oxidation sites excluding steroid dienone is 1. The lowest BCUT2D eigenvalue weighted by molar-refractivity contribution is 0.925. The summed E-state index contributed by atoms with van der Waals surface area (Å²) in [7, 11) is -1.55. The highest BCUT2D eigenvalue weighted by molar-refractivity contribution is 6.98. The van der Waals surface area contributed by atoms with Crippen molar-refractivity contribution in [3.63, 3.8) is 0 Å². The third-order valence-electron chi connectivity index (χ3n) is 3.71. The molecule has 1 heteroatoms. The van der Waals surface area contributed by atoms with E-state index in [0.717, 1.165) is 11.1 Å². The van der Waals surface area contributed by atoms with Gasteiger partial charge in [-0.05, 0) is 24.9 Å². The zero-order chi connectivity index (χ0) is 13.1. The molecule has 0 heterocycles. The van der Waals surface area contributed by atoms with Gasteiger partial charge in [0.2, 0.25) is 0 Å². The van der Waals surface area contributed by atoms with Gasteiger partial charge in [0.25, 0.3) is 0 Å². The lowest BCUT2D eigenvalue weighted by Crippen LogP contribution is -2.51. The largest absolute Gasteiger partial charge is 0.115 e. The summed E-state index contributed by atoms with van der Waals surface area (Å²) in [6.45, 7) is 14.0. The minimum absolute atomic E-state index is 0.736. The first kappa shape index (κ1) is 14.2. The molecule has 0 N–H and O–H groups in total. The molecule has 0 radical (unpaired) electrons. The monoisotopic (exact) mass is 246 g/mol. The van der Waals surface area contributed by atoms with Crippen LogP contribution in [0.2, 0.25) is 11.1 Å². The van der Waals surface area contributed by atoms with Crippen LogP contribution in [0, 0.1) is 0 Å². The van der Waals surface area contributed by atoms with Gasteiger partial charge in [0.05, 0.1) is 0 Å². The Kier molecular flexibility index (Phi) is 4.76. The van der Waals surface area contributed by atoms with Gasteiger partial charge >= 0.3 is 0 Å². The Morgan fingerprint density at radius 1 is 0.941 bits per heavy atom. The summed E-state index contributed by atoms with van der Waals surface area (Å²) in [4.78, 5) is 0. The van der Waals surface area contributed by atoms with Crippen molar-refractivity contribution in [3.05, 3.63) is 41.6 Å². The third kappa shape index (κ3) is 2.89. The second-order valence-electron chi connectivity index (χ2n) is 5.83. The topological polar surface area (TPSA) is 0 Å². The molecular weight excluding hydrogens is 220 g/mol. The Morgan fingerprint density at radius 2 is 1.41 bits per heavy atom. The Hall–Kier alpha value is -0.823. The molecule has 0 unspecified atom stereocenters. The van der Waals surface area contributed by atoms with Crippen molar-refractivity contribution in [3.8, 4) is 0 Å². The summed E-state index contributed by atoms with van der Waals surface area (Å²) in [5, 5.41) is 1.58. The Morgan fingerprint density at radius 3 is 1.76 bits per heavy atom. The molecule has 1 rings (SSSR count). The minimum Gasteiger partial charge on any atom is -0.0908 e. The minimum atomic E-state index is -1.55. The van der Waals surface area contributed by atoms with Gasteiger partial charge in [0.1, 0.15) is 8.07 Å². The maximum absolute atomic E-state index is 2.59. The molecule has 0 aromatic heterocycles. The molecule has 0 aliphatic rings. The second kappa shape index (κ2) is 5.68. The lowest BCUT2D eigenvalue weighted by Gasteiger charge is -2.38. The van der Waals surface area contributed by atoms with Gasteiger partial charge in [0.15, 0.2) is 0 Å². The fourth-order valence-corrected chi connectivity index (χ4v) is 8.18. The SMILES string of the molecule is CC(C)=C[Si](c1ccccc1)(C(C)C)C(C)C. The highest BCUT2D eigenvalue weighted by atomic mass is 28.3. The van der Waals surface area contributed by atoms with Crippen LogP contribution in [0.5, 0.6) is 0 Å². The molecule has 1 aromatic rings. The van der Waals surface area contributed by atoms with E-state index in [4.69, 9.17) is 0 Å². The van der Waals surface area contributed by atoms with E-state index in [9.17, 15) is 0 Å². The van der Waals surface area contributed by atoms with Crippen LogP contribution in [-0.2, 0) is 0 Å². The van der Waals surface area contributed by atoms with Crippen LogP contribution in [-0.4, -0.2) is 8.07 Å². The predicted molar refractivity (Wildman–Crippen MR) is 81.5 cm³/mol. The van der Waals surface area contributed by atoms with E-state index < -0.39 is 8.07 Å². The molecular formula is C16H26Si. The molecule has 0 saturated carbocycles. The maximum Gasteiger partial charge on any atom is 0.115 e. The molecule has 1 aromatic carbocycles. The predicted octanol–water partition coefficient (Wildman–Crippen LogP) is 4.67. The van der Waals surface area contributed by atoms with Gasteiger partial charge in [-0.15, -0.1) is 0 Å². The van der Waals surface area contributed by atoms with Crippen LogP contribution in [0.4, 0.5) is 0 Å². The third-order valence-corrected chi connectivity index (χ3v) is 9.92. The Balaban J connectivity index is 3.41. The highest BCUT2D eigenvalue weighted by Crippen LogP contribution is 2.34. The van der Waals surface area contributed by atoms with Crippen LogP contribution in [0.3, 0.4) is 0 Å². The fourth-order valence-electron chi connectivity index (χ4n) is 2.95. The van der Waals surface area contributed by atoms with Crippen molar-refractivity contribution in [2.75, 3.05) is 0 Å². The van der Waals surface area contributed by atoms with E-state index in [-0.39, 0.29) is 0 Å². The quantitative estimate of drug-likeness (QED) is 0.677. The van der Waals surface area contributed by atoms with E-state index in [1.165, 1.54) is 5.57 Å². The van der Waals surface area contributed by atoms with Crippen molar-refractivity contribution in [2.45, 2.75) is 52.6 Å². The molecule has 94 valence electrons. The number of rotatable bonds is 4. The number of benzene rings is 1. The summed E-state index contributed by atoms with van der Waals surface area (Å²) in [5.74, 6) is 0. The normalized spacial score (nSPS) is 12.0. The first-order chi connectivity index (χ1) is 7.91. The van der Waals surface area contributed by atoms with Crippen LogP contribution in [0.15, 0.2) is 41.6 Å². The molecule has 0 amide bonds. The summed E-state index contributed by atoms with van der Waals surface area (Å²) in [6, 6.07) is 11.1. The number of hydrogen-bond acceptors (Lipinski definition) is 0. The molecule has 0 fully saturated rings. The zero-order valence-electron chi connectivity index (χ0n) is 12.1. The van der Waals surface area contributed by atoms with Crippen LogP contribution < -0.4 is 5.19 Å². The van der Waals surface area contributed by atoms with Gasteiger partial charge in [-0.25, -0.2) is 0 Å². The maximum atomic E-state index is 2.59. The molecule has 17 heavy (non-hydrogen) atoms. The molecule has 0 nitrogen and oxygen atoms in total. The smallest absolute Gasteiger partial charge is 0.0908 e. The van der Waals surface area contributed by atoms with Crippen LogP contribution in [0.1, 0.15) is 41.5 Å². The lowest BCUT2D eigenvalue weighted by atomic mass is 10.4. The molecule has 0 spiro atoms. The van der Waals surface area contributed by atoms with Gasteiger partial charge < -0.3 is 0 Å². The first-order valence-corrected chi connectivity index (χ1v) is 8.86. The summed E-state index contributed by atoms with van der Waals surface area (Å²) in [5.41, 5.74) is 5.53. The van der Waals surface area contributed by atoms with E-state index in [2.05, 4.69) is 77.6 Å². The number of hydrogen-bond donors (Lipinski definition) is 0. The molecule has 0 bridgehead atoms. The molecule has 0 saturated heterocycles. The van der Waals surface area contributed by atoms with Gasteiger partial charge in [0, 0.05) is 0 Å². The van der Waals surface area contributed by atoms with E-state index in [0.29, 0.717) is 0 Å². The van der Waals surface area contributed by atoms with Crippen LogP contribution >= 0.6 is 0 Å². The summed E-state index contributed by atoms with van der Waals surface area (Å²) >= 11 is 0. The van der Waals surface area contributed by atoms with Crippen molar-refractivity contribution in [1.82, 2.24) is 0 Å². The van der Waals surface area contributed by atoms with Crippen molar-refractivity contribution in [2.24, 2.45) is 0 Å². The van der Waals surface area contributed by atoms with E-state index in [1.54, 1.807) is 5.19 Å². The molecule has 0 atom stereocenters. The van der Waals surface area contributed by atoms with Crippen molar-refractivity contribution in [1.29, 1.82) is 0 Å². The van der Waals surface area contributed by atoms with E-state index in [1.807, 2.05) is 0 Å². The van der Waals surface area contributed by atoms with Crippen molar-refractivity contribution < 1.29 is 0 Å².